The standard InChI is InChI=1S/C25H32F3NO5/c1-15-12-19(33-20(15)17-9-8-16(25(26,27)28)13-18(17)32-6)21(30)24(5)10-7-11-29(14-24)22(31)34-23(2,3)4/h8-9,12-13,21,30H,7,10-11,14H2,1-6H3/t21-,24-/m1/s1. The summed E-state index contributed by atoms with van der Waals surface area (Å²) in [5.74, 6) is 0.624. The molecule has 1 aliphatic rings. The molecule has 1 aromatic heterocycles. The third-order valence-corrected chi connectivity index (χ3v) is 6.02. The zero-order valence-electron chi connectivity index (χ0n) is 20.4. The average molecular weight is 484 g/mol. The Labute approximate surface area is 197 Å². The summed E-state index contributed by atoms with van der Waals surface area (Å²) in [7, 11) is 1.29. The Morgan fingerprint density at radius 3 is 2.50 bits per heavy atom. The lowest BCUT2D eigenvalue weighted by Gasteiger charge is -2.42. The molecular formula is C25H32F3NO5. The normalized spacial score (nSPS) is 20.2. The van der Waals surface area contributed by atoms with Crippen LogP contribution in [0.1, 0.15) is 63.5 Å². The van der Waals surface area contributed by atoms with Crippen LogP contribution >= 0.6 is 0 Å². The maximum atomic E-state index is 13.1. The quantitative estimate of drug-likeness (QED) is 0.548. The van der Waals surface area contributed by atoms with Gasteiger partial charge in [-0.3, -0.25) is 0 Å². The van der Waals surface area contributed by atoms with Crippen molar-refractivity contribution in [1.29, 1.82) is 0 Å². The van der Waals surface area contributed by atoms with Gasteiger partial charge in [0.1, 0.15) is 29.0 Å². The molecule has 1 amide bonds. The molecule has 2 heterocycles. The first kappa shape index (κ1) is 25.9. The van der Waals surface area contributed by atoms with E-state index in [0.717, 1.165) is 12.1 Å². The number of carbonyl (C=O) groups excluding carboxylic acids is 1. The van der Waals surface area contributed by atoms with Crippen molar-refractivity contribution in [2.24, 2.45) is 5.41 Å². The van der Waals surface area contributed by atoms with E-state index in [0.29, 0.717) is 36.3 Å². The third kappa shape index (κ3) is 5.51. The highest BCUT2D eigenvalue weighted by Crippen LogP contribution is 2.45. The number of aliphatic hydroxyl groups excluding tert-OH is 1. The van der Waals surface area contributed by atoms with Crippen LogP contribution in [0.2, 0.25) is 0 Å². The van der Waals surface area contributed by atoms with Gasteiger partial charge >= 0.3 is 12.3 Å². The van der Waals surface area contributed by atoms with E-state index in [-0.39, 0.29) is 18.1 Å². The molecule has 0 unspecified atom stereocenters. The van der Waals surface area contributed by atoms with Crippen LogP contribution in [-0.2, 0) is 10.9 Å². The Kier molecular flexibility index (Phi) is 6.99. The van der Waals surface area contributed by atoms with Gasteiger partial charge in [-0.2, -0.15) is 13.2 Å². The topological polar surface area (TPSA) is 72.1 Å². The minimum absolute atomic E-state index is 0.0216. The second kappa shape index (κ2) is 9.17. The molecule has 0 radical (unpaired) electrons. The largest absolute Gasteiger partial charge is 0.496 e. The zero-order chi connectivity index (χ0) is 25.5. The first-order valence-electron chi connectivity index (χ1n) is 11.2. The monoisotopic (exact) mass is 483 g/mol. The van der Waals surface area contributed by atoms with E-state index in [4.69, 9.17) is 13.9 Å². The number of halogens is 3. The minimum Gasteiger partial charge on any atom is -0.496 e. The number of amides is 1. The summed E-state index contributed by atoms with van der Waals surface area (Å²) >= 11 is 0. The zero-order valence-corrected chi connectivity index (χ0v) is 20.4. The fourth-order valence-electron chi connectivity index (χ4n) is 4.28. The van der Waals surface area contributed by atoms with Crippen molar-refractivity contribution in [2.45, 2.75) is 65.3 Å². The van der Waals surface area contributed by atoms with Gasteiger partial charge in [-0.05, 0) is 70.4 Å². The van der Waals surface area contributed by atoms with Gasteiger partial charge in [-0.1, -0.05) is 6.92 Å². The highest BCUT2D eigenvalue weighted by Gasteiger charge is 2.42. The second-order valence-electron chi connectivity index (χ2n) is 10.1. The van der Waals surface area contributed by atoms with Gasteiger partial charge < -0.3 is 23.9 Å². The molecule has 0 aliphatic carbocycles. The molecule has 9 heteroatoms. The maximum absolute atomic E-state index is 13.1. The molecule has 2 aromatic rings. The number of furan rings is 1. The molecule has 34 heavy (non-hydrogen) atoms. The van der Waals surface area contributed by atoms with Crippen LogP contribution in [0, 0.1) is 12.3 Å². The first-order valence-corrected chi connectivity index (χ1v) is 11.2. The molecule has 0 bridgehead atoms. The summed E-state index contributed by atoms with van der Waals surface area (Å²) in [5, 5.41) is 11.2. The van der Waals surface area contributed by atoms with E-state index < -0.39 is 35.0 Å². The molecular weight excluding hydrogens is 451 g/mol. The number of benzene rings is 1. The van der Waals surface area contributed by atoms with E-state index in [2.05, 4.69) is 0 Å². The van der Waals surface area contributed by atoms with E-state index in [1.165, 1.54) is 13.2 Å². The van der Waals surface area contributed by atoms with Crippen molar-refractivity contribution >= 4 is 6.09 Å². The number of nitrogens with zero attached hydrogens (tertiary/aromatic N) is 1. The lowest BCUT2D eigenvalue weighted by atomic mass is 9.76. The van der Waals surface area contributed by atoms with E-state index >= 15 is 0 Å². The van der Waals surface area contributed by atoms with Gasteiger partial charge in [0.05, 0.1) is 18.2 Å². The molecule has 3 rings (SSSR count). The highest BCUT2D eigenvalue weighted by atomic mass is 19.4. The molecule has 0 saturated carbocycles. The summed E-state index contributed by atoms with van der Waals surface area (Å²) in [6, 6.07) is 4.87. The average Bonchev–Trinajstić information content (AvgIpc) is 3.12. The van der Waals surface area contributed by atoms with Crippen LogP contribution < -0.4 is 4.74 Å². The molecule has 1 aliphatic heterocycles. The molecule has 6 nitrogen and oxygen atoms in total. The molecule has 2 atom stereocenters. The molecule has 188 valence electrons. The number of methoxy groups -OCH3 is 1. The van der Waals surface area contributed by atoms with Crippen LogP contribution in [-0.4, -0.2) is 41.9 Å². The van der Waals surface area contributed by atoms with Crippen molar-refractivity contribution in [1.82, 2.24) is 4.90 Å². The number of hydrogen-bond acceptors (Lipinski definition) is 5. The Bertz CT molecular complexity index is 1040. The summed E-state index contributed by atoms with van der Waals surface area (Å²) in [5.41, 5.74) is -1.14. The third-order valence-electron chi connectivity index (χ3n) is 6.02. The highest BCUT2D eigenvalue weighted by molar-refractivity contribution is 5.70. The van der Waals surface area contributed by atoms with Crippen LogP contribution in [0.3, 0.4) is 0 Å². The number of aryl methyl sites for hydroxylation is 1. The smallest absolute Gasteiger partial charge is 0.416 e. The second-order valence-corrected chi connectivity index (χ2v) is 10.1. The predicted octanol–water partition coefficient (Wildman–Crippen LogP) is 6.35. The van der Waals surface area contributed by atoms with Crippen LogP contribution in [0.25, 0.3) is 11.3 Å². The molecule has 1 aromatic carbocycles. The van der Waals surface area contributed by atoms with Gasteiger partial charge in [0.25, 0.3) is 0 Å². The van der Waals surface area contributed by atoms with E-state index in [1.807, 2.05) is 6.92 Å². The summed E-state index contributed by atoms with van der Waals surface area (Å²) in [4.78, 5) is 14.2. The number of likely N-dealkylation sites (tertiary alicyclic amines) is 1. The number of aliphatic hydroxyl groups is 1. The van der Waals surface area contributed by atoms with E-state index in [1.54, 1.807) is 38.7 Å². The van der Waals surface area contributed by atoms with Gasteiger partial charge in [-0.15, -0.1) is 0 Å². The van der Waals surface area contributed by atoms with Crippen molar-refractivity contribution in [3.8, 4) is 17.1 Å². The van der Waals surface area contributed by atoms with Gasteiger partial charge in [0.2, 0.25) is 0 Å². The fraction of sp³-hybridized carbons (Fsp3) is 0.560. The number of carbonyl (C=O) groups is 1. The van der Waals surface area contributed by atoms with Gasteiger partial charge in [0.15, 0.2) is 0 Å². The maximum Gasteiger partial charge on any atom is 0.416 e. The molecule has 0 spiro atoms. The SMILES string of the molecule is COc1cc(C(F)(F)F)ccc1-c1oc([C@@H](O)[C@]2(C)CCCN(C(=O)OC(C)(C)C)C2)cc1C. The number of piperidine rings is 1. The number of rotatable bonds is 4. The summed E-state index contributed by atoms with van der Waals surface area (Å²) in [6.45, 7) is 9.83. The number of hydrogen-bond donors (Lipinski definition) is 1. The van der Waals surface area contributed by atoms with Crippen molar-refractivity contribution in [3.63, 3.8) is 0 Å². The predicted molar refractivity (Wildman–Crippen MR) is 121 cm³/mol. The lowest BCUT2D eigenvalue weighted by Crippen LogP contribution is -2.48. The van der Waals surface area contributed by atoms with E-state index in [9.17, 15) is 23.1 Å². The van der Waals surface area contributed by atoms with Crippen LogP contribution in [0.4, 0.5) is 18.0 Å². The molecule has 1 fully saturated rings. The minimum atomic E-state index is -4.50. The first-order chi connectivity index (χ1) is 15.6. The lowest BCUT2D eigenvalue weighted by molar-refractivity contribution is -0.137. The van der Waals surface area contributed by atoms with Crippen LogP contribution in [0.15, 0.2) is 28.7 Å². The van der Waals surface area contributed by atoms with Gasteiger partial charge in [0, 0.05) is 18.5 Å². The molecule has 1 saturated heterocycles. The van der Waals surface area contributed by atoms with Crippen molar-refractivity contribution in [2.75, 3.05) is 20.2 Å². The van der Waals surface area contributed by atoms with Crippen LogP contribution in [0.5, 0.6) is 5.75 Å². The Balaban J connectivity index is 1.88. The summed E-state index contributed by atoms with van der Waals surface area (Å²) < 4.78 is 56.0. The number of ether oxygens (including phenoxy) is 2. The van der Waals surface area contributed by atoms with Gasteiger partial charge in [-0.25, -0.2) is 4.79 Å². The Hall–Kier alpha value is -2.68. The van der Waals surface area contributed by atoms with Crippen molar-refractivity contribution in [3.05, 3.63) is 41.2 Å². The Morgan fingerprint density at radius 1 is 1.24 bits per heavy atom. The molecule has 1 N–H and O–H groups in total. The fourth-order valence-corrected chi connectivity index (χ4v) is 4.28. The Morgan fingerprint density at radius 2 is 1.91 bits per heavy atom. The summed E-state index contributed by atoms with van der Waals surface area (Å²) in [6.07, 6.45) is -4.62. The number of alkyl halides is 3. The van der Waals surface area contributed by atoms with Crippen molar-refractivity contribution < 1.29 is 37.0 Å².